The van der Waals surface area contributed by atoms with Crippen LogP contribution in [-0.2, 0) is 0 Å². The van der Waals surface area contributed by atoms with Gasteiger partial charge >= 0.3 is 0 Å². The Morgan fingerprint density at radius 3 is 3.07 bits per heavy atom. The Kier molecular flexibility index (Phi) is 2.06. The first-order chi connectivity index (χ1) is 7.21. The largest absolute Gasteiger partial charge is 0.386 e. The molecule has 3 N–H and O–H groups in total. The molecule has 1 saturated heterocycles. The van der Waals surface area contributed by atoms with Gasteiger partial charge in [-0.1, -0.05) is 22.0 Å². The average Bonchev–Trinajstić information content (AvgIpc) is 2.76. The van der Waals surface area contributed by atoms with Gasteiger partial charge in [0.2, 0.25) is 0 Å². The van der Waals surface area contributed by atoms with Crippen LogP contribution in [0.5, 0.6) is 0 Å². The molecule has 2 unspecified atom stereocenters. The molecule has 0 aromatic heterocycles. The first-order valence-electron chi connectivity index (χ1n) is 5.18. The zero-order chi connectivity index (χ0) is 10.5. The van der Waals surface area contributed by atoms with E-state index in [1.54, 1.807) is 0 Å². The van der Waals surface area contributed by atoms with Gasteiger partial charge in [-0.25, -0.2) is 0 Å². The van der Waals surface area contributed by atoms with Crippen LogP contribution in [0.1, 0.15) is 18.1 Å². The maximum atomic E-state index is 10.3. The predicted molar refractivity (Wildman–Crippen MR) is 62.9 cm³/mol. The van der Waals surface area contributed by atoms with Crippen molar-refractivity contribution < 1.29 is 5.11 Å². The van der Waals surface area contributed by atoms with Crippen LogP contribution in [0.15, 0.2) is 22.7 Å². The summed E-state index contributed by atoms with van der Waals surface area (Å²) in [5.41, 5.74) is 1.89. The van der Waals surface area contributed by atoms with Gasteiger partial charge in [-0.15, -0.1) is 0 Å². The second-order valence-electron chi connectivity index (χ2n) is 4.34. The molecule has 2 heterocycles. The van der Waals surface area contributed by atoms with E-state index < -0.39 is 6.10 Å². The van der Waals surface area contributed by atoms with E-state index in [1.165, 1.54) is 0 Å². The van der Waals surface area contributed by atoms with Gasteiger partial charge in [-0.3, -0.25) is 0 Å². The number of nitrogens with one attached hydrogen (secondary N) is 2. The van der Waals surface area contributed by atoms with Crippen molar-refractivity contribution in [3.8, 4) is 0 Å². The minimum absolute atomic E-state index is 0.177. The molecule has 0 aliphatic carbocycles. The van der Waals surface area contributed by atoms with Crippen LogP contribution >= 0.6 is 15.9 Å². The summed E-state index contributed by atoms with van der Waals surface area (Å²) >= 11 is 3.44. The number of aliphatic hydroxyl groups is 1. The Hall–Kier alpha value is -0.580. The van der Waals surface area contributed by atoms with Crippen molar-refractivity contribution in [2.24, 2.45) is 0 Å². The van der Waals surface area contributed by atoms with Crippen molar-refractivity contribution in [3.05, 3.63) is 28.2 Å². The minimum Gasteiger partial charge on any atom is -0.386 e. The zero-order valence-corrected chi connectivity index (χ0v) is 9.84. The Labute approximate surface area is 97.0 Å². The molecule has 15 heavy (non-hydrogen) atoms. The summed E-state index contributed by atoms with van der Waals surface area (Å²) in [5.74, 6) is 0. The molecule has 2 aliphatic rings. The van der Waals surface area contributed by atoms with Crippen LogP contribution in [-0.4, -0.2) is 23.7 Å². The number of hydrogen-bond donors (Lipinski definition) is 3. The van der Waals surface area contributed by atoms with E-state index >= 15 is 0 Å². The van der Waals surface area contributed by atoms with E-state index in [9.17, 15) is 5.11 Å². The topological polar surface area (TPSA) is 44.3 Å². The number of anilines is 1. The maximum absolute atomic E-state index is 10.3. The maximum Gasteiger partial charge on any atom is 0.105 e. The second kappa shape index (κ2) is 3.20. The van der Waals surface area contributed by atoms with Crippen molar-refractivity contribution in [2.45, 2.75) is 18.1 Å². The summed E-state index contributed by atoms with van der Waals surface area (Å²) in [6, 6.07) is 6.00. The zero-order valence-electron chi connectivity index (χ0n) is 8.26. The summed E-state index contributed by atoms with van der Waals surface area (Å²) < 4.78 is 1.05. The van der Waals surface area contributed by atoms with Crippen LogP contribution in [0, 0.1) is 0 Å². The van der Waals surface area contributed by atoms with E-state index in [4.69, 9.17) is 0 Å². The number of aliphatic hydroxyl groups excluding tert-OH is 1. The van der Waals surface area contributed by atoms with E-state index in [-0.39, 0.29) is 5.54 Å². The molecule has 3 rings (SSSR count). The van der Waals surface area contributed by atoms with Crippen LogP contribution in [0.3, 0.4) is 0 Å². The van der Waals surface area contributed by atoms with Crippen LogP contribution in [0.25, 0.3) is 0 Å². The first kappa shape index (κ1) is 9.63. The van der Waals surface area contributed by atoms with E-state index in [1.807, 2.05) is 18.2 Å². The monoisotopic (exact) mass is 268 g/mol. The highest BCUT2D eigenvalue weighted by atomic mass is 79.9. The van der Waals surface area contributed by atoms with Gasteiger partial charge in [0.25, 0.3) is 0 Å². The summed E-state index contributed by atoms with van der Waals surface area (Å²) in [6.45, 7) is 1.81. The molecule has 2 aliphatic heterocycles. The Bertz CT molecular complexity index is 402. The SMILES string of the molecule is OC1c2ccc(Br)cc2NC12CCNC2. The molecular weight excluding hydrogens is 256 g/mol. The highest BCUT2D eigenvalue weighted by molar-refractivity contribution is 9.10. The highest BCUT2D eigenvalue weighted by Crippen LogP contribution is 2.44. The average molecular weight is 269 g/mol. The van der Waals surface area contributed by atoms with Crippen molar-refractivity contribution in [1.29, 1.82) is 0 Å². The molecule has 80 valence electrons. The summed E-state index contributed by atoms with van der Waals surface area (Å²) in [5, 5.41) is 17.1. The smallest absolute Gasteiger partial charge is 0.105 e. The van der Waals surface area contributed by atoms with Crippen LogP contribution < -0.4 is 10.6 Å². The van der Waals surface area contributed by atoms with Gasteiger partial charge in [0.05, 0.1) is 5.54 Å². The fraction of sp³-hybridized carbons (Fsp3) is 0.455. The second-order valence-corrected chi connectivity index (χ2v) is 5.26. The molecule has 0 radical (unpaired) electrons. The van der Waals surface area contributed by atoms with E-state index in [2.05, 4.69) is 26.6 Å². The van der Waals surface area contributed by atoms with E-state index in [0.717, 1.165) is 35.2 Å². The molecular formula is C11H13BrN2O. The standard InChI is InChI=1S/C11H13BrN2O/c12-7-1-2-8-9(5-7)14-11(10(8)15)3-4-13-6-11/h1-2,5,10,13-15H,3-4,6H2. The van der Waals surface area contributed by atoms with Crippen LogP contribution in [0.4, 0.5) is 5.69 Å². The van der Waals surface area contributed by atoms with Crippen molar-refractivity contribution >= 4 is 21.6 Å². The molecule has 1 fully saturated rings. The summed E-state index contributed by atoms with van der Waals surface area (Å²) in [6.07, 6.45) is 0.580. The van der Waals surface area contributed by atoms with Gasteiger partial charge in [0, 0.05) is 22.3 Å². The van der Waals surface area contributed by atoms with Gasteiger partial charge in [-0.05, 0) is 25.1 Å². The van der Waals surface area contributed by atoms with Gasteiger partial charge < -0.3 is 15.7 Å². The summed E-state index contributed by atoms with van der Waals surface area (Å²) in [7, 11) is 0. The quantitative estimate of drug-likeness (QED) is 0.671. The molecule has 0 bridgehead atoms. The molecule has 1 aromatic carbocycles. The highest BCUT2D eigenvalue weighted by Gasteiger charge is 2.46. The molecule has 3 nitrogen and oxygen atoms in total. The number of rotatable bonds is 0. The molecule has 2 atom stereocenters. The predicted octanol–water partition coefficient (Wildman–Crippen LogP) is 1.64. The van der Waals surface area contributed by atoms with Crippen molar-refractivity contribution in [2.75, 3.05) is 18.4 Å². The Balaban J connectivity index is 2.04. The number of halogens is 1. The third-order valence-electron chi connectivity index (χ3n) is 3.41. The third kappa shape index (κ3) is 1.32. The van der Waals surface area contributed by atoms with E-state index in [0.29, 0.717) is 0 Å². The molecule has 0 amide bonds. The van der Waals surface area contributed by atoms with Gasteiger partial charge in [0.15, 0.2) is 0 Å². The molecule has 1 aromatic rings. The number of fused-ring (bicyclic) bond motifs is 1. The molecule has 0 saturated carbocycles. The lowest BCUT2D eigenvalue weighted by atomic mass is 9.91. The fourth-order valence-corrected chi connectivity index (χ4v) is 2.92. The van der Waals surface area contributed by atoms with Gasteiger partial charge in [0.1, 0.15) is 6.10 Å². The fourth-order valence-electron chi connectivity index (χ4n) is 2.56. The molecule has 1 spiro atoms. The number of hydrogen-bond acceptors (Lipinski definition) is 3. The van der Waals surface area contributed by atoms with Crippen molar-refractivity contribution in [1.82, 2.24) is 5.32 Å². The minimum atomic E-state index is -0.393. The lowest BCUT2D eigenvalue weighted by molar-refractivity contribution is 0.118. The third-order valence-corrected chi connectivity index (χ3v) is 3.90. The first-order valence-corrected chi connectivity index (χ1v) is 5.97. The van der Waals surface area contributed by atoms with Crippen LogP contribution in [0.2, 0.25) is 0 Å². The number of benzene rings is 1. The van der Waals surface area contributed by atoms with Gasteiger partial charge in [-0.2, -0.15) is 0 Å². The lowest BCUT2D eigenvalue weighted by Gasteiger charge is -2.27. The van der Waals surface area contributed by atoms with Crippen molar-refractivity contribution in [3.63, 3.8) is 0 Å². The Morgan fingerprint density at radius 1 is 1.47 bits per heavy atom. The summed E-state index contributed by atoms with van der Waals surface area (Å²) in [4.78, 5) is 0. The molecule has 4 heteroatoms. The Morgan fingerprint density at radius 2 is 2.33 bits per heavy atom. The normalized spacial score (nSPS) is 33.1. The lowest BCUT2D eigenvalue weighted by Crippen LogP contribution is -2.41.